The van der Waals surface area contributed by atoms with Crippen molar-refractivity contribution in [3.05, 3.63) is 84.4 Å². The Bertz CT molecular complexity index is 1400. The molecule has 1 saturated heterocycles. The average Bonchev–Trinajstić information content (AvgIpc) is 3.45. The number of nitrogens with one attached hydrogen (secondary N) is 2. The summed E-state index contributed by atoms with van der Waals surface area (Å²) in [6.07, 6.45) is 2.32. The molecular formula is C26H29N3O6S2. The number of ether oxygens (including phenoxy) is 1. The summed E-state index contributed by atoms with van der Waals surface area (Å²) >= 11 is 0. The Morgan fingerprint density at radius 2 is 1.43 bits per heavy atom. The van der Waals surface area contributed by atoms with Gasteiger partial charge >= 0.3 is 0 Å². The minimum Gasteiger partial charge on any atom is -0.484 e. The molecule has 0 bridgehead atoms. The molecule has 3 aromatic carbocycles. The van der Waals surface area contributed by atoms with Gasteiger partial charge in [0.25, 0.3) is 15.9 Å². The summed E-state index contributed by atoms with van der Waals surface area (Å²) in [6, 6.07) is 21.1. The summed E-state index contributed by atoms with van der Waals surface area (Å²) < 4.78 is 59.7. The first-order chi connectivity index (χ1) is 17.7. The van der Waals surface area contributed by atoms with Crippen LogP contribution in [0.3, 0.4) is 0 Å². The summed E-state index contributed by atoms with van der Waals surface area (Å²) in [7, 11) is -7.17. The van der Waals surface area contributed by atoms with E-state index in [9.17, 15) is 21.6 Å². The van der Waals surface area contributed by atoms with Crippen molar-refractivity contribution < 1.29 is 26.4 Å². The Kier molecular flexibility index (Phi) is 8.47. The number of anilines is 1. The lowest BCUT2D eigenvalue weighted by Gasteiger charge is -2.15. The number of sulfonamides is 2. The van der Waals surface area contributed by atoms with Crippen molar-refractivity contribution in [2.75, 3.05) is 31.0 Å². The molecule has 1 fully saturated rings. The lowest BCUT2D eigenvalue weighted by molar-refractivity contribution is -0.123. The molecule has 3 aromatic rings. The maximum atomic E-state index is 12.6. The van der Waals surface area contributed by atoms with Crippen LogP contribution in [-0.4, -0.2) is 53.3 Å². The van der Waals surface area contributed by atoms with E-state index in [1.54, 1.807) is 54.6 Å². The van der Waals surface area contributed by atoms with Gasteiger partial charge in [0.1, 0.15) is 5.75 Å². The second-order valence-corrected chi connectivity index (χ2v) is 12.2. The van der Waals surface area contributed by atoms with Crippen molar-refractivity contribution in [1.29, 1.82) is 0 Å². The fourth-order valence-electron chi connectivity index (χ4n) is 3.89. The molecule has 0 aliphatic carbocycles. The van der Waals surface area contributed by atoms with Gasteiger partial charge in [-0.1, -0.05) is 30.3 Å². The van der Waals surface area contributed by atoms with Crippen LogP contribution in [0.1, 0.15) is 18.4 Å². The van der Waals surface area contributed by atoms with Crippen molar-refractivity contribution >= 4 is 31.6 Å². The third-order valence-electron chi connectivity index (χ3n) is 5.89. The van der Waals surface area contributed by atoms with Gasteiger partial charge in [0.2, 0.25) is 10.0 Å². The van der Waals surface area contributed by atoms with Crippen molar-refractivity contribution in [2.24, 2.45) is 0 Å². The Balaban J connectivity index is 1.21. The van der Waals surface area contributed by atoms with Crippen LogP contribution in [0.2, 0.25) is 0 Å². The molecule has 9 nitrogen and oxygen atoms in total. The zero-order chi connectivity index (χ0) is 26.3. The molecule has 0 aromatic heterocycles. The summed E-state index contributed by atoms with van der Waals surface area (Å²) in [5, 5.41) is 2.76. The normalized spacial score (nSPS) is 14.3. The lowest BCUT2D eigenvalue weighted by atomic mass is 10.1. The van der Waals surface area contributed by atoms with Gasteiger partial charge < -0.3 is 10.1 Å². The highest BCUT2D eigenvalue weighted by molar-refractivity contribution is 7.92. The number of nitrogens with zero attached hydrogens (tertiary/aromatic N) is 1. The molecule has 196 valence electrons. The van der Waals surface area contributed by atoms with Crippen LogP contribution < -0.4 is 14.8 Å². The van der Waals surface area contributed by atoms with Gasteiger partial charge in [-0.3, -0.25) is 9.52 Å². The van der Waals surface area contributed by atoms with Crippen LogP contribution in [0, 0.1) is 0 Å². The van der Waals surface area contributed by atoms with E-state index >= 15 is 0 Å². The van der Waals surface area contributed by atoms with Crippen LogP contribution in [0.15, 0.2) is 88.7 Å². The molecule has 0 radical (unpaired) electrons. The minimum absolute atomic E-state index is 0.0763. The molecule has 0 unspecified atom stereocenters. The predicted molar refractivity (Wildman–Crippen MR) is 140 cm³/mol. The molecule has 11 heteroatoms. The molecule has 0 saturated carbocycles. The highest BCUT2D eigenvalue weighted by Gasteiger charge is 2.26. The molecular weight excluding hydrogens is 514 g/mol. The Hall–Kier alpha value is -3.41. The summed E-state index contributed by atoms with van der Waals surface area (Å²) in [4.78, 5) is 12.5. The molecule has 4 rings (SSSR count). The summed E-state index contributed by atoms with van der Waals surface area (Å²) in [5.41, 5.74) is 1.37. The summed E-state index contributed by atoms with van der Waals surface area (Å²) in [6.45, 7) is 1.27. The smallest absolute Gasteiger partial charge is 0.261 e. The number of carbonyl (C=O) groups excluding carboxylic acids is 1. The van der Waals surface area contributed by atoms with Crippen LogP contribution in [0.5, 0.6) is 5.75 Å². The van der Waals surface area contributed by atoms with Gasteiger partial charge in [-0.25, -0.2) is 16.8 Å². The van der Waals surface area contributed by atoms with Crippen LogP contribution in [-0.2, 0) is 31.3 Å². The highest BCUT2D eigenvalue weighted by Crippen LogP contribution is 2.21. The largest absolute Gasteiger partial charge is 0.484 e. The van der Waals surface area contributed by atoms with Gasteiger partial charge in [-0.15, -0.1) is 0 Å². The summed E-state index contributed by atoms with van der Waals surface area (Å²) in [5.74, 6) is 0.0410. The van der Waals surface area contributed by atoms with E-state index < -0.39 is 20.0 Å². The van der Waals surface area contributed by atoms with E-state index in [1.807, 2.05) is 0 Å². The Morgan fingerprint density at radius 3 is 2.08 bits per heavy atom. The second kappa shape index (κ2) is 11.8. The Labute approximate surface area is 217 Å². The van der Waals surface area contributed by atoms with E-state index in [1.165, 1.54) is 28.6 Å². The molecule has 1 aliphatic rings. The first-order valence-electron chi connectivity index (χ1n) is 11.9. The van der Waals surface area contributed by atoms with E-state index in [0.29, 0.717) is 37.5 Å². The van der Waals surface area contributed by atoms with Gasteiger partial charge in [0.15, 0.2) is 6.61 Å². The lowest BCUT2D eigenvalue weighted by Crippen LogP contribution is -2.30. The van der Waals surface area contributed by atoms with Crippen molar-refractivity contribution in [1.82, 2.24) is 9.62 Å². The fraction of sp³-hybridized carbons (Fsp3) is 0.269. The van der Waals surface area contributed by atoms with Crippen LogP contribution in [0.25, 0.3) is 0 Å². The second-order valence-electron chi connectivity index (χ2n) is 8.59. The topological polar surface area (TPSA) is 122 Å². The molecule has 1 heterocycles. The van der Waals surface area contributed by atoms with Crippen molar-refractivity contribution in [3.63, 3.8) is 0 Å². The molecule has 0 atom stereocenters. The fourth-order valence-corrected chi connectivity index (χ4v) is 6.46. The third-order valence-corrected chi connectivity index (χ3v) is 9.20. The molecule has 2 N–H and O–H groups in total. The number of amides is 1. The average molecular weight is 544 g/mol. The molecule has 1 aliphatic heterocycles. The number of hydrogen-bond acceptors (Lipinski definition) is 6. The quantitative estimate of drug-likeness (QED) is 0.384. The Morgan fingerprint density at radius 1 is 0.811 bits per heavy atom. The number of carbonyl (C=O) groups is 1. The zero-order valence-corrected chi connectivity index (χ0v) is 21.8. The highest BCUT2D eigenvalue weighted by atomic mass is 32.2. The number of hydrogen-bond donors (Lipinski definition) is 2. The first kappa shape index (κ1) is 26.6. The van der Waals surface area contributed by atoms with Crippen molar-refractivity contribution in [3.8, 4) is 5.75 Å². The van der Waals surface area contributed by atoms with Gasteiger partial charge in [0, 0.05) is 25.3 Å². The predicted octanol–water partition coefficient (Wildman–Crippen LogP) is 3.01. The number of rotatable bonds is 11. The molecule has 0 spiro atoms. The van der Waals surface area contributed by atoms with E-state index in [4.69, 9.17) is 4.74 Å². The van der Waals surface area contributed by atoms with E-state index in [0.717, 1.165) is 18.4 Å². The molecule has 37 heavy (non-hydrogen) atoms. The monoisotopic (exact) mass is 543 g/mol. The van der Waals surface area contributed by atoms with E-state index in [2.05, 4.69) is 10.0 Å². The number of para-hydroxylation sites is 1. The minimum atomic E-state index is -3.74. The third kappa shape index (κ3) is 7.09. The maximum Gasteiger partial charge on any atom is 0.261 e. The number of benzene rings is 3. The maximum absolute atomic E-state index is 12.6. The first-order valence-corrected chi connectivity index (χ1v) is 14.8. The van der Waals surface area contributed by atoms with Crippen LogP contribution >= 0.6 is 0 Å². The van der Waals surface area contributed by atoms with E-state index in [-0.39, 0.29) is 22.3 Å². The zero-order valence-electron chi connectivity index (χ0n) is 20.2. The standard InChI is InChI=1S/C26H29N3O6S2/c30-26(27-17-16-21-8-12-25(13-9-21)37(33,34)29-18-4-5-19-29)20-35-23-10-14-24(15-11-23)36(31,32)28-22-6-2-1-3-7-22/h1-3,6-15,28H,4-5,16-20H2,(H,27,30). The SMILES string of the molecule is O=C(COc1ccc(S(=O)(=O)Nc2ccccc2)cc1)NCCc1ccc(S(=O)(=O)N2CCCC2)cc1. The van der Waals surface area contributed by atoms with Gasteiger partial charge in [-0.05, 0) is 73.4 Å². The van der Waals surface area contributed by atoms with Crippen molar-refractivity contribution in [2.45, 2.75) is 29.1 Å². The molecule has 1 amide bonds. The van der Waals surface area contributed by atoms with Gasteiger partial charge in [0.05, 0.1) is 9.79 Å². The van der Waals surface area contributed by atoms with Gasteiger partial charge in [-0.2, -0.15) is 4.31 Å². The van der Waals surface area contributed by atoms with Crippen LogP contribution in [0.4, 0.5) is 5.69 Å².